The van der Waals surface area contributed by atoms with Crippen molar-refractivity contribution >= 4 is 0 Å². The summed E-state index contributed by atoms with van der Waals surface area (Å²) in [6, 6.07) is 4.45. The first kappa shape index (κ1) is 11.4. The molecule has 4 heteroatoms. The van der Waals surface area contributed by atoms with Crippen molar-refractivity contribution in [1.82, 2.24) is 0 Å². The summed E-state index contributed by atoms with van der Waals surface area (Å²) in [6.07, 6.45) is 0.503. The van der Waals surface area contributed by atoms with E-state index < -0.39 is 11.9 Å². The van der Waals surface area contributed by atoms with Gasteiger partial charge in [-0.1, -0.05) is 0 Å². The van der Waals surface area contributed by atoms with Gasteiger partial charge in [0.1, 0.15) is 17.7 Å². The Morgan fingerprint density at radius 1 is 1.56 bits per heavy atom. The van der Waals surface area contributed by atoms with E-state index in [-0.39, 0.29) is 11.7 Å². The molecular weight excluding hydrogens is 211 g/mol. The lowest BCUT2D eigenvalue weighted by Gasteiger charge is -2.18. The molecule has 1 aliphatic heterocycles. The van der Waals surface area contributed by atoms with Crippen molar-refractivity contribution in [2.24, 2.45) is 0 Å². The highest BCUT2D eigenvalue weighted by molar-refractivity contribution is 5.30. The van der Waals surface area contributed by atoms with Gasteiger partial charge in [-0.15, -0.1) is 0 Å². The molecular formula is C12H15FO3. The average Bonchev–Trinajstić information content (AvgIpc) is 2.81. The normalized spacial score (nSPS) is 22.1. The number of hydrogen-bond acceptors (Lipinski definition) is 3. The second kappa shape index (κ2) is 4.80. The van der Waals surface area contributed by atoms with Crippen LogP contribution < -0.4 is 4.74 Å². The zero-order valence-corrected chi connectivity index (χ0v) is 9.15. The number of rotatable bonds is 3. The number of ether oxygens (including phenoxy) is 2. The molecule has 0 saturated carbocycles. The maximum atomic E-state index is 13.6. The molecule has 16 heavy (non-hydrogen) atoms. The number of methoxy groups -OCH3 is 1. The van der Waals surface area contributed by atoms with E-state index >= 15 is 0 Å². The van der Waals surface area contributed by atoms with Crippen LogP contribution in [0.25, 0.3) is 0 Å². The SMILES string of the molecule is COc1ccc(C(O)C2CCCO2)c(F)c1. The quantitative estimate of drug-likeness (QED) is 0.857. The maximum absolute atomic E-state index is 13.6. The molecule has 2 atom stereocenters. The van der Waals surface area contributed by atoms with Gasteiger partial charge in [0.15, 0.2) is 0 Å². The third-order valence-corrected chi connectivity index (χ3v) is 2.84. The van der Waals surface area contributed by atoms with E-state index in [1.165, 1.54) is 13.2 Å². The van der Waals surface area contributed by atoms with Crippen LogP contribution in [-0.4, -0.2) is 24.9 Å². The number of aliphatic hydroxyl groups excluding tert-OH is 1. The van der Waals surface area contributed by atoms with E-state index in [0.29, 0.717) is 12.4 Å². The van der Waals surface area contributed by atoms with Gasteiger partial charge in [-0.2, -0.15) is 0 Å². The molecule has 1 saturated heterocycles. The first-order valence-corrected chi connectivity index (χ1v) is 5.35. The minimum absolute atomic E-state index is 0.271. The molecule has 1 fully saturated rings. The van der Waals surface area contributed by atoms with Crippen LogP contribution in [0.2, 0.25) is 0 Å². The van der Waals surface area contributed by atoms with Gasteiger partial charge in [-0.3, -0.25) is 0 Å². The Morgan fingerprint density at radius 2 is 2.38 bits per heavy atom. The highest BCUT2D eigenvalue weighted by Crippen LogP contribution is 2.29. The predicted molar refractivity (Wildman–Crippen MR) is 56.9 cm³/mol. The smallest absolute Gasteiger partial charge is 0.132 e. The van der Waals surface area contributed by atoms with Crippen molar-refractivity contribution in [2.75, 3.05) is 13.7 Å². The highest BCUT2D eigenvalue weighted by Gasteiger charge is 2.27. The molecule has 88 valence electrons. The molecule has 0 radical (unpaired) electrons. The second-order valence-corrected chi connectivity index (χ2v) is 3.88. The molecule has 1 heterocycles. The van der Waals surface area contributed by atoms with Crippen LogP contribution in [0, 0.1) is 5.82 Å². The summed E-state index contributed by atoms with van der Waals surface area (Å²) < 4.78 is 23.9. The van der Waals surface area contributed by atoms with E-state index in [2.05, 4.69) is 0 Å². The van der Waals surface area contributed by atoms with Gasteiger partial charge in [0.05, 0.1) is 13.2 Å². The molecule has 0 bridgehead atoms. The number of aliphatic hydroxyl groups is 1. The average molecular weight is 226 g/mol. The molecule has 0 amide bonds. The highest BCUT2D eigenvalue weighted by atomic mass is 19.1. The standard InChI is InChI=1S/C12H15FO3/c1-15-8-4-5-9(10(13)7-8)12(14)11-3-2-6-16-11/h4-5,7,11-12,14H,2-3,6H2,1H3. The van der Waals surface area contributed by atoms with Gasteiger partial charge in [0.2, 0.25) is 0 Å². The van der Waals surface area contributed by atoms with Crippen LogP contribution in [0.15, 0.2) is 18.2 Å². The number of benzene rings is 1. The Morgan fingerprint density at radius 3 is 2.94 bits per heavy atom. The van der Waals surface area contributed by atoms with Crippen LogP contribution in [-0.2, 0) is 4.74 Å². The van der Waals surface area contributed by atoms with E-state index in [9.17, 15) is 9.50 Å². The van der Waals surface area contributed by atoms with Crippen LogP contribution in [0.5, 0.6) is 5.75 Å². The fourth-order valence-electron chi connectivity index (χ4n) is 1.93. The van der Waals surface area contributed by atoms with E-state index in [4.69, 9.17) is 9.47 Å². The number of hydrogen-bond donors (Lipinski definition) is 1. The Balaban J connectivity index is 2.19. The van der Waals surface area contributed by atoms with Gasteiger partial charge in [0.25, 0.3) is 0 Å². The summed E-state index contributed by atoms with van der Waals surface area (Å²) in [6.45, 7) is 0.638. The van der Waals surface area contributed by atoms with Crippen LogP contribution in [0.3, 0.4) is 0 Å². The van der Waals surface area contributed by atoms with Crippen LogP contribution in [0.1, 0.15) is 24.5 Å². The summed E-state index contributed by atoms with van der Waals surface area (Å²) in [7, 11) is 1.48. The Kier molecular flexibility index (Phi) is 3.41. The molecule has 1 aromatic carbocycles. The van der Waals surface area contributed by atoms with Crippen molar-refractivity contribution < 1.29 is 19.0 Å². The molecule has 1 aliphatic rings. The minimum atomic E-state index is -0.895. The lowest BCUT2D eigenvalue weighted by molar-refractivity contribution is -0.00428. The zero-order valence-electron chi connectivity index (χ0n) is 9.15. The fraction of sp³-hybridized carbons (Fsp3) is 0.500. The summed E-state index contributed by atoms with van der Waals surface area (Å²) in [5.74, 6) is -0.0110. The van der Waals surface area contributed by atoms with Gasteiger partial charge in [-0.25, -0.2) is 4.39 Å². The molecule has 0 aliphatic carbocycles. The van der Waals surface area contributed by atoms with Gasteiger partial charge in [-0.05, 0) is 25.0 Å². The summed E-state index contributed by atoms with van der Waals surface area (Å²) >= 11 is 0. The van der Waals surface area contributed by atoms with Gasteiger partial charge in [0, 0.05) is 18.2 Å². The van der Waals surface area contributed by atoms with Crippen molar-refractivity contribution in [1.29, 1.82) is 0 Å². The lowest BCUT2D eigenvalue weighted by atomic mass is 10.0. The largest absolute Gasteiger partial charge is 0.497 e. The van der Waals surface area contributed by atoms with Crippen molar-refractivity contribution in [2.45, 2.75) is 25.0 Å². The number of halogens is 1. The first-order chi connectivity index (χ1) is 7.72. The summed E-state index contributed by atoms with van der Waals surface area (Å²) in [5.41, 5.74) is 0.271. The predicted octanol–water partition coefficient (Wildman–Crippen LogP) is 2.05. The second-order valence-electron chi connectivity index (χ2n) is 3.88. The third kappa shape index (κ3) is 2.18. The zero-order chi connectivity index (χ0) is 11.5. The van der Waals surface area contributed by atoms with Crippen molar-refractivity contribution in [3.8, 4) is 5.75 Å². The van der Waals surface area contributed by atoms with Gasteiger partial charge >= 0.3 is 0 Å². The van der Waals surface area contributed by atoms with E-state index in [1.807, 2.05) is 0 Å². The topological polar surface area (TPSA) is 38.7 Å². The maximum Gasteiger partial charge on any atom is 0.132 e. The van der Waals surface area contributed by atoms with Crippen LogP contribution >= 0.6 is 0 Å². The fourth-order valence-corrected chi connectivity index (χ4v) is 1.93. The minimum Gasteiger partial charge on any atom is -0.497 e. The Hall–Kier alpha value is -1.13. The molecule has 1 aromatic rings. The van der Waals surface area contributed by atoms with Gasteiger partial charge < -0.3 is 14.6 Å². The molecule has 3 nitrogen and oxygen atoms in total. The molecule has 2 rings (SSSR count). The van der Waals surface area contributed by atoms with Crippen LogP contribution in [0.4, 0.5) is 4.39 Å². The summed E-state index contributed by atoms with van der Waals surface area (Å²) in [4.78, 5) is 0. The molecule has 0 spiro atoms. The van der Waals surface area contributed by atoms with Crippen molar-refractivity contribution in [3.63, 3.8) is 0 Å². The Labute approximate surface area is 93.8 Å². The monoisotopic (exact) mass is 226 g/mol. The molecule has 1 N–H and O–H groups in total. The van der Waals surface area contributed by atoms with E-state index in [1.54, 1.807) is 12.1 Å². The first-order valence-electron chi connectivity index (χ1n) is 5.35. The molecule has 0 aromatic heterocycles. The van der Waals surface area contributed by atoms with Crippen molar-refractivity contribution in [3.05, 3.63) is 29.6 Å². The third-order valence-electron chi connectivity index (χ3n) is 2.84. The van der Waals surface area contributed by atoms with E-state index in [0.717, 1.165) is 12.8 Å². The summed E-state index contributed by atoms with van der Waals surface area (Å²) in [5, 5.41) is 9.96. The molecule has 2 unspecified atom stereocenters. The Bertz CT molecular complexity index is 361. The lowest BCUT2D eigenvalue weighted by Crippen LogP contribution is -2.18.